The normalized spacial score (nSPS) is 12.0. The number of hydrogen-bond donors (Lipinski definition) is 0. The van der Waals surface area contributed by atoms with Crippen molar-refractivity contribution in [3.05, 3.63) is 0 Å². The second-order valence-electron chi connectivity index (χ2n) is 21.9. The number of hydrogen-bond acceptors (Lipinski definition) is 6. The summed E-state index contributed by atoms with van der Waals surface area (Å²) in [6.07, 6.45) is 58.1. The average Bonchev–Trinajstić information content (AvgIpc) is 3.30. The third kappa shape index (κ3) is 55.2. The van der Waals surface area contributed by atoms with E-state index < -0.39 is 6.10 Å². The number of carbonyl (C=O) groups is 3. The molecule has 0 aromatic heterocycles. The van der Waals surface area contributed by atoms with Crippen molar-refractivity contribution in [1.29, 1.82) is 0 Å². The lowest BCUT2D eigenvalue weighted by Gasteiger charge is -2.18. The van der Waals surface area contributed by atoms with Gasteiger partial charge in [-0.25, -0.2) is 0 Å². The van der Waals surface area contributed by atoms with Crippen molar-refractivity contribution in [2.45, 2.75) is 349 Å². The van der Waals surface area contributed by atoms with Crippen LogP contribution in [0.5, 0.6) is 0 Å². The minimum Gasteiger partial charge on any atom is -0.462 e. The zero-order valence-electron chi connectivity index (χ0n) is 46.0. The highest BCUT2D eigenvalue weighted by atomic mass is 16.6. The molecule has 0 aromatic carbocycles. The lowest BCUT2D eigenvalue weighted by atomic mass is 10.0. The predicted molar refractivity (Wildman–Crippen MR) is 289 cm³/mol. The summed E-state index contributed by atoms with van der Waals surface area (Å²) >= 11 is 0. The van der Waals surface area contributed by atoms with Crippen LogP contribution in [-0.4, -0.2) is 37.2 Å². The molecule has 0 N–H and O–H groups in total. The molecule has 0 bridgehead atoms. The first-order chi connectivity index (χ1) is 32.7. The molecule has 0 spiro atoms. The van der Waals surface area contributed by atoms with Crippen LogP contribution in [0.15, 0.2) is 0 Å². The van der Waals surface area contributed by atoms with Crippen LogP contribution < -0.4 is 0 Å². The van der Waals surface area contributed by atoms with Crippen molar-refractivity contribution in [2.24, 2.45) is 11.8 Å². The summed E-state index contributed by atoms with van der Waals surface area (Å²) < 4.78 is 16.9. The second kappa shape index (κ2) is 53.8. The van der Waals surface area contributed by atoms with Gasteiger partial charge < -0.3 is 14.2 Å². The number of unbranched alkanes of at least 4 members (excludes halogenated alkanes) is 40. The number of carbonyl (C=O) groups excluding carboxylic acids is 3. The summed E-state index contributed by atoms with van der Waals surface area (Å²) in [7, 11) is 0. The summed E-state index contributed by atoms with van der Waals surface area (Å²) in [5, 5.41) is 0. The highest BCUT2D eigenvalue weighted by molar-refractivity contribution is 5.71. The molecule has 0 saturated heterocycles. The van der Waals surface area contributed by atoms with Crippen LogP contribution in [0.4, 0.5) is 0 Å². The molecule has 1 atom stereocenters. The molecule has 0 heterocycles. The van der Waals surface area contributed by atoms with Crippen LogP contribution in [0.3, 0.4) is 0 Å². The van der Waals surface area contributed by atoms with Gasteiger partial charge in [0.1, 0.15) is 13.2 Å². The van der Waals surface area contributed by atoms with E-state index in [4.69, 9.17) is 14.2 Å². The predicted octanol–water partition coefficient (Wildman–Crippen LogP) is 20.0. The molecular weight excluding hydrogens is 829 g/mol. The Hall–Kier alpha value is -1.59. The Labute approximate surface area is 418 Å². The lowest BCUT2D eigenvalue weighted by Crippen LogP contribution is -2.30. The fourth-order valence-corrected chi connectivity index (χ4v) is 9.40. The van der Waals surface area contributed by atoms with Gasteiger partial charge in [0.2, 0.25) is 0 Å². The van der Waals surface area contributed by atoms with Gasteiger partial charge >= 0.3 is 17.9 Å². The number of rotatable bonds is 55. The summed E-state index contributed by atoms with van der Waals surface area (Å²) in [4.78, 5) is 38.2. The van der Waals surface area contributed by atoms with Gasteiger partial charge in [0.25, 0.3) is 0 Å². The Bertz CT molecular complexity index is 1020. The minimum atomic E-state index is -0.763. The largest absolute Gasteiger partial charge is 0.462 e. The van der Waals surface area contributed by atoms with Crippen LogP contribution >= 0.6 is 0 Å². The summed E-state index contributed by atoms with van der Waals surface area (Å²) in [6, 6.07) is 0. The smallest absolute Gasteiger partial charge is 0.306 e. The van der Waals surface area contributed by atoms with Crippen LogP contribution in [0.1, 0.15) is 343 Å². The van der Waals surface area contributed by atoms with Gasteiger partial charge in [-0.05, 0) is 31.1 Å². The van der Waals surface area contributed by atoms with Crippen molar-refractivity contribution in [3.8, 4) is 0 Å². The van der Waals surface area contributed by atoms with Gasteiger partial charge in [-0.1, -0.05) is 304 Å². The fraction of sp³-hybridized carbons (Fsp3) is 0.951. The highest BCUT2D eigenvalue weighted by Crippen LogP contribution is 2.18. The summed E-state index contributed by atoms with van der Waals surface area (Å²) in [6.45, 7) is 11.4. The maximum absolute atomic E-state index is 12.9. The Morgan fingerprint density at radius 3 is 0.731 bits per heavy atom. The lowest BCUT2D eigenvalue weighted by molar-refractivity contribution is -0.167. The van der Waals surface area contributed by atoms with E-state index >= 15 is 0 Å². The minimum absolute atomic E-state index is 0.0625. The quantitative estimate of drug-likeness (QED) is 0.0343. The SMILES string of the molecule is CCCCCCCCCCCCCCCCCCCCCC(=O)OC[C@H](COC(=O)CCCCCCCCCCCCCCCC(C)C)OC(=O)CCCCCCCCCCCCCC(C)C. The van der Waals surface area contributed by atoms with E-state index in [1.807, 2.05) is 0 Å². The number of ether oxygens (including phenoxy) is 3. The van der Waals surface area contributed by atoms with E-state index in [1.54, 1.807) is 0 Å². The maximum Gasteiger partial charge on any atom is 0.306 e. The zero-order valence-corrected chi connectivity index (χ0v) is 46.0. The molecule has 0 unspecified atom stereocenters. The van der Waals surface area contributed by atoms with Crippen molar-refractivity contribution < 1.29 is 28.6 Å². The molecule has 0 aliphatic heterocycles. The van der Waals surface area contributed by atoms with Crippen molar-refractivity contribution >= 4 is 17.9 Å². The Kier molecular flexibility index (Phi) is 52.5. The fourth-order valence-electron chi connectivity index (χ4n) is 9.40. The van der Waals surface area contributed by atoms with Gasteiger partial charge in [-0.2, -0.15) is 0 Å². The van der Waals surface area contributed by atoms with Crippen LogP contribution in [0, 0.1) is 11.8 Å². The molecule has 0 aliphatic carbocycles. The molecule has 398 valence electrons. The van der Waals surface area contributed by atoms with Gasteiger partial charge in [-0.3, -0.25) is 14.4 Å². The summed E-state index contributed by atoms with van der Waals surface area (Å²) in [5.41, 5.74) is 0. The molecule has 0 radical (unpaired) electrons. The third-order valence-corrected chi connectivity index (χ3v) is 14.0. The molecule has 0 amide bonds. The topological polar surface area (TPSA) is 78.9 Å². The third-order valence-electron chi connectivity index (χ3n) is 14.0. The Balaban J connectivity index is 4.27. The second-order valence-corrected chi connectivity index (χ2v) is 21.9. The molecule has 67 heavy (non-hydrogen) atoms. The van der Waals surface area contributed by atoms with Gasteiger partial charge in [0, 0.05) is 19.3 Å². The number of esters is 3. The van der Waals surface area contributed by atoms with E-state index in [0.29, 0.717) is 19.3 Å². The van der Waals surface area contributed by atoms with E-state index in [-0.39, 0.29) is 31.1 Å². The molecule has 6 nitrogen and oxygen atoms in total. The van der Waals surface area contributed by atoms with Gasteiger partial charge in [0.15, 0.2) is 6.10 Å². The van der Waals surface area contributed by atoms with Crippen LogP contribution in [-0.2, 0) is 28.6 Å². The van der Waals surface area contributed by atoms with E-state index in [1.165, 1.54) is 231 Å². The Morgan fingerprint density at radius 1 is 0.284 bits per heavy atom. The summed E-state index contributed by atoms with van der Waals surface area (Å²) in [5.74, 6) is 0.827. The molecule has 6 heteroatoms. The molecular formula is C61H118O6. The molecule has 0 aromatic rings. The average molecular weight is 948 g/mol. The van der Waals surface area contributed by atoms with E-state index in [0.717, 1.165) is 69.6 Å². The van der Waals surface area contributed by atoms with Gasteiger partial charge in [-0.15, -0.1) is 0 Å². The van der Waals surface area contributed by atoms with E-state index in [2.05, 4.69) is 34.6 Å². The zero-order chi connectivity index (χ0) is 48.9. The van der Waals surface area contributed by atoms with Crippen molar-refractivity contribution in [2.75, 3.05) is 13.2 Å². The molecule has 0 aliphatic rings. The van der Waals surface area contributed by atoms with E-state index in [9.17, 15) is 14.4 Å². The Morgan fingerprint density at radius 2 is 0.493 bits per heavy atom. The van der Waals surface area contributed by atoms with Crippen molar-refractivity contribution in [3.63, 3.8) is 0 Å². The van der Waals surface area contributed by atoms with Crippen LogP contribution in [0.2, 0.25) is 0 Å². The molecule has 0 rings (SSSR count). The monoisotopic (exact) mass is 947 g/mol. The first kappa shape index (κ1) is 65.4. The first-order valence-electron chi connectivity index (χ1n) is 30.2. The molecule has 0 fully saturated rings. The van der Waals surface area contributed by atoms with Crippen molar-refractivity contribution in [1.82, 2.24) is 0 Å². The standard InChI is InChI=1S/C61H118O6/c1-6-7-8-9-10-11-12-13-14-15-16-17-18-21-26-31-36-41-46-51-59(62)65-54-58(67-61(64)53-48-43-38-33-28-23-25-30-35-40-45-50-57(4)5)55-66-60(63)52-47-42-37-32-27-22-19-20-24-29-34-39-44-49-56(2)3/h56-58H,6-55H2,1-5H3/t58-/m1/s1. The first-order valence-corrected chi connectivity index (χ1v) is 30.2. The van der Waals surface area contributed by atoms with Gasteiger partial charge in [0.05, 0.1) is 0 Å². The van der Waals surface area contributed by atoms with Crippen LogP contribution in [0.25, 0.3) is 0 Å². The maximum atomic E-state index is 12.9. The molecule has 0 saturated carbocycles. The highest BCUT2D eigenvalue weighted by Gasteiger charge is 2.19.